The fraction of sp³-hybridized carbons (Fsp3) is 0.233. The van der Waals surface area contributed by atoms with E-state index < -0.39 is 26.5 Å². The van der Waals surface area contributed by atoms with Crippen LogP contribution in [0.15, 0.2) is 65.2 Å². The molecule has 240 valence electrons. The Kier molecular flexibility index (Phi) is 9.16. The first-order valence-electron chi connectivity index (χ1n) is 13.9. The number of carbonyl (C=O) groups excluding carboxylic acids is 2. The first-order chi connectivity index (χ1) is 21.8. The van der Waals surface area contributed by atoms with Crippen LogP contribution in [0.5, 0.6) is 5.75 Å². The summed E-state index contributed by atoms with van der Waals surface area (Å²) in [7, 11) is -1.96. The summed E-state index contributed by atoms with van der Waals surface area (Å²) in [5.74, 6) is 0.0937. The Morgan fingerprint density at radius 1 is 1.07 bits per heavy atom. The molecule has 0 spiro atoms. The summed E-state index contributed by atoms with van der Waals surface area (Å²) >= 11 is 6.49. The smallest absolute Gasteiger partial charge is 0.294 e. The molecule has 1 aliphatic heterocycles. The van der Waals surface area contributed by atoms with Gasteiger partial charge < -0.3 is 24.4 Å². The summed E-state index contributed by atoms with van der Waals surface area (Å²) in [5, 5.41) is 18.6. The van der Waals surface area contributed by atoms with Gasteiger partial charge in [0.25, 0.3) is 17.5 Å². The van der Waals surface area contributed by atoms with E-state index in [0.717, 1.165) is 6.26 Å². The number of benzene rings is 3. The van der Waals surface area contributed by atoms with Gasteiger partial charge in [0.15, 0.2) is 0 Å². The molecule has 0 atom stereocenters. The number of rotatable bonds is 9. The van der Waals surface area contributed by atoms with E-state index >= 15 is 0 Å². The van der Waals surface area contributed by atoms with Crippen molar-refractivity contribution < 1.29 is 32.2 Å². The predicted molar refractivity (Wildman–Crippen MR) is 172 cm³/mol. The number of methoxy groups -OCH3 is 1. The van der Waals surface area contributed by atoms with E-state index in [4.69, 9.17) is 20.9 Å². The minimum absolute atomic E-state index is 0.0747. The number of hydrogen-bond donors (Lipinski definition) is 2. The van der Waals surface area contributed by atoms with Gasteiger partial charge in [0.2, 0.25) is 10.0 Å². The van der Waals surface area contributed by atoms with Crippen LogP contribution in [-0.4, -0.2) is 74.8 Å². The zero-order valence-corrected chi connectivity index (χ0v) is 26.5. The first-order valence-corrected chi connectivity index (χ1v) is 16.1. The molecule has 3 aromatic carbocycles. The molecule has 5 rings (SSSR count). The van der Waals surface area contributed by atoms with Crippen LogP contribution in [0, 0.1) is 17.0 Å². The SMILES string of the molecule is COc1cccc(-c2noc(C)c2C(=O)N2CCN(c3cc(NC(=O)c4ccc(NS(C)(=O)=O)cc4)c([N+](=O)[O-])cc3Cl)CC2)c1. The van der Waals surface area contributed by atoms with Crippen LogP contribution in [0.25, 0.3) is 11.3 Å². The third kappa shape index (κ3) is 7.05. The fourth-order valence-electron chi connectivity index (χ4n) is 5.04. The van der Waals surface area contributed by atoms with Crippen molar-refractivity contribution in [3.05, 3.63) is 92.7 Å². The molecule has 2 amide bonds. The monoisotopic (exact) mass is 668 g/mol. The first kappa shape index (κ1) is 32.2. The Hall–Kier alpha value is -5.15. The van der Waals surface area contributed by atoms with Crippen molar-refractivity contribution in [2.45, 2.75) is 6.92 Å². The number of nitrogens with zero attached hydrogens (tertiary/aromatic N) is 4. The molecule has 0 aliphatic carbocycles. The van der Waals surface area contributed by atoms with Crippen molar-refractivity contribution in [2.24, 2.45) is 0 Å². The van der Waals surface area contributed by atoms with Gasteiger partial charge in [-0.05, 0) is 49.4 Å². The van der Waals surface area contributed by atoms with Crippen LogP contribution in [-0.2, 0) is 10.0 Å². The highest BCUT2D eigenvalue weighted by molar-refractivity contribution is 7.92. The average Bonchev–Trinajstić information content (AvgIpc) is 3.42. The molecule has 0 saturated carbocycles. The molecule has 46 heavy (non-hydrogen) atoms. The minimum atomic E-state index is -3.51. The quantitative estimate of drug-likeness (QED) is 0.186. The van der Waals surface area contributed by atoms with Gasteiger partial charge in [0.1, 0.15) is 28.5 Å². The third-order valence-corrected chi connectivity index (χ3v) is 8.20. The van der Waals surface area contributed by atoms with E-state index in [1.54, 1.807) is 37.1 Å². The number of sulfonamides is 1. The van der Waals surface area contributed by atoms with Gasteiger partial charge >= 0.3 is 0 Å². The zero-order chi connectivity index (χ0) is 33.2. The largest absolute Gasteiger partial charge is 0.497 e. The van der Waals surface area contributed by atoms with Crippen molar-refractivity contribution in [1.29, 1.82) is 0 Å². The molecule has 2 heterocycles. The van der Waals surface area contributed by atoms with Gasteiger partial charge in [-0.1, -0.05) is 28.9 Å². The maximum Gasteiger partial charge on any atom is 0.294 e. The molecule has 0 radical (unpaired) electrons. The van der Waals surface area contributed by atoms with Crippen LogP contribution in [0.3, 0.4) is 0 Å². The number of nitro groups is 1. The number of carbonyl (C=O) groups is 2. The van der Waals surface area contributed by atoms with E-state index in [2.05, 4.69) is 15.2 Å². The number of aryl methyl sites for hydroxylation is 1. The van der Waals surface area contributed by atoms with Gasteiger partial charge in [-0.15, -0.1) is 0 Å². The molecule has 1 saturated heterocycles. The van der Waals surface area contributed by atoms with E-state index in [-0.39, 0.29) is 27.9 Å². The highest BCUT2D eigenvalue weighted by Crippen LogP contribution is 2.37. The molecule has 16 heteroatoms. The summed E-state index contributed by atoms with van der Waals surface area (Å²) < 4.78 is 35.9. The molecular formula is C30H29ClN6O8S. The number of nitro benzene ring substituents is 1. The lowest BCUT2D eigenvalue weighted by Crippen LogP contribution is -2.49. The molecule has 2 N–H and O–H groups in total. The number of halogens is 1. The Morgan fingerprint density at radius 3 is 2.39 bits per heavy atom. The topological polar surface area (TPSA) is 177 Å². The molecule has 14 nitrogen and oxygen atoms in total. The van der Waals surface area contributed by atoms with Crippen molar-refractivity contribution in [2.75, 3.05) is 54.5 Å². The van der Waals surface area contributed by atoms with Crippen molar-refractivity contribution in [3.8, 4) is 17.0 Å². The lowest BCUT2D eigenvalue weighted by Gasteiger charge is -2.36. The minimum Gasteiger partial charge on any atom is -0.497 e. The van der Waals surface area contributed by atoms with Gasteiger partial charge in [0.05, 0.1) is 29.0 Å². The summed E-state index contributed by atoms with van der Waals surface area (Å²) in [6.07, 6.45) is 1.00. The molecule has 1 aliphatic rings. The van der Waals surface area contributed by atoms with Crippen LogP contribution in [0.1, 0.15) is 26.5 Å². The average molecular weight is 669 g/mol. The maximum atomic E-state index is 13.7. The summed E-state index contributed by atoms with van der Waals surface area (Å²) in [5.41, 5.74) is 1.80. The van der Waals surface area contributed by atoms with Crippen LogP contribution in [0.4, 0.5) is 22.7 Å². The van der Waals surface area contributed by atoms with Gasteiger partial charge in [-0.25, -0.2) is 8.42 Å². The van der Waals surface area contributed by atoms with Crippen LogP contribution >= 0.6 is 11.6 Å². The Balaban J connectivity index is 1.32. The summed E-state index contributed by atoms with van der Waals surface area (Å²) in [6, 6.07) is 15.3. The molecule has 0 bridgehead atoms. The number of nitrogens with one attached hydrogen (secondary N) is 2. The number of amides is 2. The second-order valence-corrected chi connectivity index (χ2v) is 12.6. The number of anilines is 3. The highest BCUT2D eigenvalue weighted by Gasteiger charge is 2.30. The normalized spacial score (nSPS) is 13.3. The fourth-order valence-corrected chi connectivity index (χ4v) is 5.88. The highest BCUT2D eigenvalue weighted by atomic mass is 35.5. The predicted octanol–water partition coefficient (Wildman–Crippen LogP) is 4.81. The molecule has 1 fully saturated rings. The number of ether oxygens (including phenoxy) is 1. The molecule has 0 unspecified atom stereocenters. The lowest BCUT2D eigenvalue weighted by atomic mass is 10.0. The molecule has 4 aromatic rings. The van der Waals surface area contributed by atoms with Gasteiger partial charge in [-0.2, -0.15) is 0 Å². The third-order valence-electron chi connectivity index (χ3n) is 7.29. The van der Waals surface area contributed by atoms with Crippen molar-refractivity contribution >= 4 is 56.2 Å². The molecular weight excluding hydrogens is 640 g/mol. The second-order valence-electron chi connectivity index (χ2n) is 10.5. The second kappa shape index (κ2) is 13.1. The van der Waals surface area contributed by atoms with E-state index in [1.165, 1.54) is 36.4 Å². The number of aromatic nitrogens is 1. The summed E-state index contributed by atoms with van der Waals surface area (Å²) in [6.45, 7) is 3.00. The van der Waals surface area contributed by atoms with Gasteiger partial charge in [-0.3, -0.25) is 24.4 Å². The van der Waals surface area contributed by atoms with Gasteiger partial charge in [0, 0.05) is 49.1 Å². The van der Waals surface area contributed by atoms with E-state index in [0.29, 0.717) is 60.2 Å². The standard InChI is InChI=1S/C30H29ClN6O8S/c1-18-27(28(33-45-18)20-5-4-6-22(15-20)44-2)30(39)36-13-11-35(12-14-36)25-17-24(26(37(40)41)16-23(25)31)32-29(38)19-7-9-21(10-8-19)34-46(3,42)43/h4-10,15-17,34H,11-14H2,1-3H3,(H,32,38). The van der Waals surface area contributed by atoms with Crippen LogP contribution in [0.2, 0.25) is 5.02 Å². The van der Waals surface area contributed by atoms with E-state index in [9.17, 15) is 28.1 Å². The van der Waals surface area contributed by atoms with Crippen molar-refractivity contribution in [3.63, 3.8) is 0 Å². The lowest BCUT2D eigenvalue weighted by molar-refractivity contribution is -0.383. The van der Waals surface area contributed by atoms with E-state index in [1.807, 2.05) is 11.0 Å². The Bertz CT molecular complexity index is 1920. The number of hydrogen-bond acceptors (Lipinski definition) is 10. The maximum absolute atomic E-state index is 13.7. The zero-order valence-electron chi connectivity index (χ0n) is 24.9. The Morgan fingerprint density at radius 2 is 1.76 bits per heavy atom. The summed E-state index contributed by atoms with van der Waals surface area (Å²) in [4.78, 5) is 41.4. The molecule has 1 aromatic heterocycles. The van der Waals surface area contributed by atoms with Crippen LogP contribution < -0.4 is 19.7 Å². The van der Waals surface area contributed by atoms with Crippen molar-refractivity contribution in [1.82, 2.24) is 10.1 Å². The Labute approximate surface area is 269 Å². The number of piperazine rings is 1.